The minimum Gasteiger partial charge on any atom is -0.465 e. The molecule has 0 atom stereocenters. The zero-order valence-corrected chi connectivity index (χ0v) is 10.9. The van der Waals surface area contributed by atoms with E-state index in [0.29, 0.717) is 11.3 Å². The van der Waals surface area contributed by atoms with E-state index in [-0.39, 0.29) is 25.0 Å². The first kappa shape index (κ1) is 14.7. The van der Waals surface area contributed by atoms with E-state index < -0.39 is 5.97 Å². The van der Waals surface area contributed by atoms with Crippen LogP contribution in [0.25, 0.3) is 0 Å². The SMILES string of the molecule is CCOC(=O)CNC(=O)c1ccc(NC(C)=O)cc1. The van der Waals surface area contributed by atoms with Crippen LogP contribution in [-0.2, 0) is 14.3 Å². The second kappa shape index (κ2) is 7.15. The van der Waals surface area contributed by atoms with Gasteiger partial charge in [-0.25, -0.2) is 0 Å². The molecule has 6 nitrogen and oxygen atoms in total. The van der Waals surface area contributed by atoms with Crippen molar-refractivity contribution in [2.75, 3.05) is 18.5 Å². The quantitative estimate of drug-likeness (QED) is 0.775. The Labute approximate surface area is 111 Å². The van der Waals surface area contributed by atoms with Crippen molar-refractivity contribution in [2.45, 2.75) is 13.8 Å². The molecule has 1 aromatic rings. The molecule has 1 aromatic carbocycles. The van der Waals surface area contributed by atoms with Crippen molar-refractivity contribution in [3.8, 4) is 0 Å². The number of nitrogens with one attached hydrogen (secondary N) is 2. The lowest BCUT2D eigenvalue weighted by atomic mass is 10.2. The van der Waals surface area contributed by atoms with Gasteiger partial charge in [-0.15, -0.1) is 0 Å². The number of carbonyl (C=O) groups is 3. The van der Waals surface area contributed by atoms with E-state index >= 15 is 0 Å². The third-order valence-electron chi connectivity index (χ3n) is 2.17. The molecule has 0 aromatic heterocycles. The number of ether oxygens (including phenoxy) is 1. The maximum absolute atomic E-state index is 11.7. The monoisotopic (exact) mass is 264 g/mol. The van der Waals surface area contributed by atoms with Crippen LogP contribution in [0.3, 0.4) is 0 Å². The second-order valence-electron chi connectivity index (χ2n) is 3.75. The maximum Gasteiger partial charge on any atom is 0.325 e. The van der Waals surface area contributed by atoms with Crippen molar-refractivity contribution < 1.29 is 19.1 Å². The van der Waals surface area contributed by atoms with Gasteiger partial charge in [-0.1, -0.05) is 0 Å². The summed E-state index contributed by atoms with van der Waals surface area (Å²) in [5.41, 5.74) is 1.01. The second-order valence-corrected chi connectivity index (χ2v) is 3.75. The Balaban J connectivity index is 2.53. The highest BCUT2D eigenvalue weighted by Crippen LogP contribution is 2.09. The van der Waals surface area contributed by atoms with Gasteiger partial charge in [-0.2, -0.15) is 0 Å². The Hall–Kier alpha value is -2.37. The van der Waals surface area contributed by atoms with Crippen molar-refractivity contribution in [3.05, 3.63) is 29.8 Å². The smallest absolute Gasteiger partial charge is 0.325 e. The van der Waals surface area contributed by atoms with Crippen LogP contribution in [0.4, 0.5) is 5.69 Å². The number of esters is 1. The lowest BCUT2D eigenvalue weighted by molar-refractivity contribution is -0.141. The molecule has 6 heteroatoms. The summed E-state index contributed by atoms with van der Waals surface area (Å²) in [7, 11) is 0. The van der Waals surface area contributed by atoms with E-state index in [4.69, 9.17) is 0 Å². The number of rotatable bonds is 5. The van der Waals surface area contributed by atoms with Crippen molar-refractivity contribution in [2.24, 2.45) is 0 Å². The fourth-order valence-corrected chi connectivity index (χ4v) is 1.37. The van der Waals surface area contributed by atoms with Crippen molar-refractivity contribution >= 4 is 23.5 Å². The third-order valence-corrected chi connectivity index (χ3v) is 2.17. The highest BCUT2D eigenvalue weighted by Gasteiger charge is 2.08. The molecule has 0 spiro atoms. The molecule has 0 heterocycles. The van der Waals surface area contributed by atoms with Crippen molar-refractivity contribution in [1.82, 2.24) is 5.32 Å². The summed E-state index contributed by atoms with van der Waals surface area (Å²) in [6.45, 7) is 3.21. The molecule has 19 heavy (non-hydrogen) atoms. The average Bonchev–Trinajstić information content (AvgIpc) is 2.36. The predicted molar refractivity (Wildman–Crippen MR) is 69.7 cm³/mol. The highest BCUT2D eigenvalue weighted by molar-refractivity contribution is 5.96. The van der Waals surface area contributed by atoms with Gasteiger partial charge in [0.2, 0.25) is 5.91 Å². The molecule has 0 fully saturated rings. The van der Waals surface area contributed by atoms with Crippen molar-refractivity contribution in [1.29, 1.82) is 0 Å². The standard InChI is InChI=1S/C13H16N2O4/c1-3-19-12(17)8-14-13(18)10-4-6-11(7-5-10)15-9(2)16/h4-7H,3,8H2,1-2H3,(H,14,18)(H,15,16). The number of amides is 2. The van der Waals surface area contributed by atoms with Gasteiger partial charge in [-0.05, 0) is 31.2 Å². The summed E-state index contributed by atoms with van der Waals surface area (Å²) < 4.78 is 4.69. The minimum absolute atomic E-state index is 0.167. The number of benzene rings is 1. The van der Waals surface area contributed by atoms with Gasteiger partial charge in [0.1, 0.15) is 6.54 Å². The molecule has 0 bridgehead atoms. The Kier molecular flexibility index (Phi) is 5.53. The molecule has 0 saturated heterocycles. The van der Waals surface area contributed by atoms with Crippen LogP contribution < -0.4 is 10.6 Å². The molecule has 0 radical (unpaired) electrons. The van der Waals surface area contributed by atoms with Gasteiger partial charge < -0.3 is 15.4 Å². The Morgan fingerprint density at radius 3 is 2.32 bits per heavy atom. The van der Waals surface area contributed by atoms with Gasteiger partial charge in [-0.3, -0.25) is 14.4 Å². The van der Waals surface area contributed by atoms with Gasteiger partial charge in [0.25, 0.3) is 5.91 Å². The minimum atomic E-state index is -0.481. The predicted octanol–water partition coefficient (Wildman–Crippen LogP) is 0.938. The Morgan fingerprint density at radius 1 is 1.16 bits per heavy atom. The molecule has 0 unspecified atom stereocenters. The maximum atomic E-state index is 11.7. The molecule has 0 aliphatic carbocycles. The Morgan fingerprint density at radius 2 is 1.79 bits per heavy atom. The number of anilines is 1. The highest BCUT2D eigenvalue weighted by atomic mass is 16.5. The summed E-state index contributed by atoms with van der Waals surface area (Å²) in [4.78, 5) is 33.6. The van der Waals surface area contributed by atoms with E-state index in [1.165, 1.54) is 6.92 Å². The average molecular weight is 264 g/mol. The number of hydrogen-bond donors (Lipinski definition) is 2. The molecular weight excluding hydrogens is 248 g/mol. The zero-order chi connectivity index (χ0) is 14.3. The van der Waals surface area contributed by atoms with Crippen LogP contribution in [0.1, 0.15) is 24.2 Å². The van der Waals surface area contributed by atoms with Gasteiger partial charge in [0.05, 0.1) is 6.61 Å². The fraction of sp³-hybridized carbons (Fsp3) is 0.308. The fourth-order valence-electron chi connectivity index (χ4n) is 1.37. The normalized spacial score (nSPS) is 9.58. The van der Waals surface area contributed by atoms with Gasteiger partial charge in [0, 0.05) is 18.2 Å². The van der Waals surface area contributed by atoms with E-state index in [1.54, 1.807) is 31.2 Å². The van der Waals surface area contributed by atoms with Gasteiger partial charge >= 0.3 is 5.97 Å². The van der Waals surface area contributed by atoms with Crippen LogP contribution in [0, 0.1) is 0 Å². The first-order valence-corrected chi connectivity index (χ1v) is 5.84. The third kappa shape index (κ3) is 5.20. The van der Waals surface area contributed by atoms with E-state index in [2.05, 4.69) is 15.4 Å². The van der Waals surface area contributed by atoms with E-state index in [0.717, 1.165) is 0 Å². The lowest BCUT2D eigenvalue weighted by Crippen LogP contribution is -2.30. The van der Waals surface area contributed by atoms with Crippen molar-refractivity contribution in [3.63, 3.8) is 0 Å². The Bertz CT molecular complexity index is 468. The summed E-state index contributed by atoms with van der Waals surface area (Å²) in [5, 5.41) is 5.04. The number of carbonyl (C=O) groups excluding carboxylic acids is 3. The molecule has 0 aliphatic heterocycles. The summed E-state index contributed by atoms with van der Waals surface area (Å²) in [6, 6.07) is 6.35. The van der Waals surface area contributed by atoms with Crippen LogP contribution in [0.5, 0.6) is 0 Å². The van der Waals surface area contributed by atoms with Crippen LogP contribution >= 0.6 is 0 Å². The molecule has 1 rings (SSSR count). The molecule has 2 amide bonds. The van der Waals surface area contributed by atoms with Crippen LogP contribution in [-0.4, -0.2) is 30.9 Å². The van der Waals surface area contributed by atoms with E-state index in [1.807, 2.05) is 0 Å². The van der Waals surface area contributed by atoms with Crippen LogP contribution in [0.15, 0.2) is 24.3 Å². The first-order valence-electron chi connectivity index (χ1n) is 5.84. The molecule has 102 valence electrons. The first-order chi connectivity index (χ1) is 9.02. The molecule has 0 aliphatic rings. The largest absolute Gasteiger partial charge is 0.465 e. The van der Waals surface area contributed by atoms with Gasteiger partial charge in [0.15, 0.2) is 0 Å². The topological polar surface area (TPSA) is 84.5 Å². The zero-order valence-electron chi connectivity index (χ0n) is 10.9. The van der Waals surface area contributed by atoms with E-state index in [9.17, 15) is 14.4 Å². The van der Waals surface area contributed by atoms with Crippen LogP contribution in [0.2, 0.25) is 0 Å². The molecular formula is C13H16N2O4. The molecule has 0 saturated carbocycles. The number of hydrogen-bond acceptors (Lipinski definition) is 4. The summed E-state index contributed by atoms with van der Waals surface area (Å²) in [6.07, 6.45) is 0. The summed E-state index contributed by atoms with van der Waals surface area (Å²) in [5.74, 6) is -1.03. The molecule has 2 N–H and O–H groups in total. The lowest BCUT2D eigenvalue weighted by Gasteiger charge is -2.06. The summed E-state index contributed by atoms with van der Waals surface area (Å²) >= 11 is 0.